The largest absolute Gasteiger partial charge is 0.471 e. The molecule has 0 saturated carbocycles. The minimum Gasteiger partial charge on any atom is -0.471 e. The van der Waals surface area contributed by atoms with Gasteiger partial charge in [0.25, 0.3) is 17.7 Å². The molecule has 33 nitrogen and oxygen atoms in total. The van der Waals surface area contributed by atoms with Crippen molar-refractivity contribution in [2.75, 3.05) is 101 Å². The molecule has 3 amide bonds. The molecule has 0 radical (unpaired) electrons. The Bertz CT molecular complexity index is 5790. The van der Waals surface area contributed by atoms with E-state index in [1.165, 1.54) is 16.1 Å². The maximum atomic E-state index is 12.8. The van der Waals surface area contributed by atoms with Crippen LogP contribution in [0.3, 0.4) is 0 Å². The third-order valence-electron chi connectivity index (χ3n) is 18.0. The Kier molecular flexibility index (Phi) is 24.4. The van der Waals surface area contributed by atoms with E-state index in [4.69, 9.17) is 54.9 Å². The number of hydrogen-bond acceptors (Lipinski definition) is 29. The van der Waals surface area contributed by atoms with Crippen LogP contribution in [-0.2, 0) is 47.1 Å². The molecular formula is C81H79N21O12. The molecule has 9 heterocycles. The van der Waals surface area contributed by atoms with E-state index >= 15 is 0 Å². The summed E-state index contributed by atoms with van der Waals surface area (Å²) < 4.78 is 33.9. The number of imidazole rings is 1. The minimum absolute atomic E-state index is 0.0691. The first-order valence-corrected chi connectivity index (χ1v) is 35.8. The summed E-state index contributed by atoms with van der Waals surface area (Å²) >= 11 is 0. The first-order chi connectivity index (χ1) is 55.4. The summed E-state index contributed by atoms with van der Waals surface area (Å²) in [6.07, 6.45) is 7.06. The normalized spacial score (nSPS) is 13.5. The van der Waals surface area contributed by atoms with Crippen molar-refractivity contribution >= 4 is 133 Å². The highest BCUT2D eigenvalue weighted by molar-refractivity contribution is 6.20. The van der Waals surface area contributed by atoms with Gasteiger partial charge in [0.05, 0.1) is 31.8 Å². The molecule has 33 heteroatoms. The van der Waals surface area contributed by atoms with Gasteiger partial charge in [-0.15, -0.1) is 0 Å². The molecule has 3 aliphatic heterocycles. The van der Waals surface area contributed by atoms with Crippen LogP contribution in [0.4, 0.5) is 39.4 Å². The molecule has 0 spiro atoms. The van der Waals surface area contributed by atoms with E-state index in [0.29, 0.717) is 132 Å². The maximum Gasteiger partial charge on any atom is 0.407 e. The van der Waals surface area contributed by atoms with Crippen LogP contribution in [0.1, 0.15) is 61.5 Å². The summed E-state index contributed by atoms with van der Waals surface area (Å²) in [5, 5.41) is 20.7. The molecule has 580 valence electrons. The number of aliphatic hydroxyl groups excluding tert-OH is 2. The van der Waals surface area contributed by atoms with E-state index < -0.39 is 6.09 Å². The van der Waals surface area contributed by atoms with Crippen LogP contribution in [0.25, 0.3) is 56.6 Å². The SMILES string of the molecule is CN(CCO)c1ccc2nc(C=O)oc2c1.CN1C(=O)/C(=C\c2nc3ccc(N(C)CCO)cc3o2)N=C1c1ccccc1.CN1C(=O)/C(=C\c2nc3ccc(N(C)CCOC(=O)NCc4ccc(COc5nc(N)nc6c5N=CC6)cc4)cc3o2)N=C1c1ccccc1.NCc1ccc(COc2nc(N)nc3nc[nH]c23)cc1. The van der Waals surface area contributed by atoms with Gasteiger partial charge in [0.15, 0.2) is 22.4 Å². The summed E-state index contributed by atoms with van der Waals surface area (Å²) in [5.74, 6) is 2.46. The number of H-pyrrole nitrogens is 1. The van der Waals surface area contributed by atoms with Crippen molar-refractivity contribution in [3.63, 3.8) is 0 Å². The van der Waals surface area contributed by atoms with Crippen molar-refractivity contribution < 1.29 is 56.9 Å². The number of aromatic nitrogens is 9. The fourth-order valence-corrected chi connectivity index (χ4v) is 11.8. The lowest BCUT2D eigenvalue weighted by molar-refractivity contribution is -0.122. The molecule has 0 fully saturated rings. The number of amidine groups is 2. The number of carbonyl (C=O) groups is 4. The van der Waals surface area contributed by atoms with Gasteiger partial charge in [-0.2, -0.15) is 15.0 Å². The number of aromatic amines is 1. The van der Waals surface area contributed by atoms with Gasteiger partial charge in [-0.05, 0) is 58.7 Å². The molecule has 13 aromatic rings. The van der Waals surface area contributed by atoms with Crippen molar-refractivity contribution in [1.29, 1.82) is 0 Å². The highest BCUT2D eigenvalue weighted by Gasteiger charge is 2.30. The van der Waals surface area contributed by atoms with Gasteiger partial charge >= 0.3 is 6.09 Å². The van der Waals surface area contributed by atoms with Crippen LogP contribution in [-0.4, -0.2) is 182 Å². The van der Waals surface area contributed by atoms with E-state index in [0.717, 1.165) is 56.1 Å². The second kappa shape index (κ2) is 35.9. The number of rotatable bonds is 24. The van der Waals surface area contributed by atoms with Crippen molar-refractivity contribution in [2.24, 2.45) is 20.7 Å². The number of ether oxygens (including phenoxy) is 3. The number of alkyl carbamates (subject to hydrolysis) is 1. The monoisotopic (exact) mass is 1540 g/mol. The number of fused-ring (bicyclic) bond motifs is 5. The third-order valence-corrected chi connectivity index (χ3v) is 18.0. The molecule has 114 heavy (non-hydrogen) atoms. The maximum absolute atomic E-state index is 12.8. The van der Waals surface area contributed by atoms with E-state index in [1.54, 1.807) is 44.6 Å². The number of nitrogen functional groups attached to an aromatic ring is 2. The molecule has 0 bridgehead atoms. The number of aliphatic imine (C=N–C) groups is 3. The predicted octanol–water partition coefficient (Wildman–Crippen LogP) is 9.22. The van der Waals surface area contributed by atoms with Gasteiger partial charge in [0.1, 0.15) is 70.6 Å². The Morgan fingerprint density at radius 1 is 0.579 bits per heavy atom. The Balaban J connectivity index is 0.000000148. The zero-order valence-corrected chi connectivity index (χ0v) is 62.6. The lowest BCUT2D eigenvalue weighted by atomic mass is 10.1. The topological polar surface area (TPSA) is 438 Å². The highest BCUT2D eigenvalue weighted by Crippen LogP contribution is 2.34. The summed E-state index contributed by atoms with van der Waals surface area (Å²) in [6, 6.07) is 51.3. The molecule has 0 atom stereocenters. The number of aldehydes is 1. The Morgan fingerprint density at radius 2 is 1.04 bits per heavy atom. The molecule has 7 aromatic carbocycles. The van der Waals surface area contributed by atoms with Gasteiger partial charge in [-0.1, -0.05) is 109 Å². The molecule has 6 aromatic heterocycles. The number of oxazole rings is 3. The highest BCUT2D eigenvalue weighted by atomic mass is 16.5. The van der Waals surface area contributed by atoms with E-state index in [2.05, 4.69) is 65.1 Å². The molecule has 3 aliphatic rings. The lowest BCUT2D eigenvalue weighted by Crippen LogP contribution is -2.28. The average molecular weight is 1540 g/mol. The number of nitrogens with zero attached hydrogens (tertiary/aromatic N) is 16. The Labute approximate surface area is 651 Å². The molecule has 0 unspecified atom stereocenters. The molecule has 10 N–H and O–H groups in total. The zero-order valence-electron chi connectivity index (χ0n) is 62.6. The van der Waals surface area contributed by atoms with Crippen LogP contribution in [0, 0.1) is 0 Å². The number of nitrogens with one attached hydrogen (secondary N) is 2. The standard InChI is InChI=1S/C36H33N9O5.C21H20N4O3.C13H14N6O.C11H12N2O3/c1-44(25-12-13-26-29(18-25)50-30(40-26)19-28-34(46)45(2)32(41-28)24-6-4-3-5-7-24)16-17-48-36(47)39-20-22-8-10-23(11-9-22)21-49-33-31-27(14-15-38-31)42-35(37)43-33;1-24(10-11-26)15-8-9-16-18(12-15)28-19(22-16)13-17-21(27)25(2)20(23-17)14-6-4-3-5-7-14;14-5-8-1-3-9(4-2-8)6-20-12-10-11(17-7-16-10)18-13(15)19-12;1-13(4-5-14)8-2-3-9-10(6-8)16-11(7-15)12-9/h3-13,15,18-19H,14,16-17,20-21H2,1-2H3,(H,39,47)(H2,37,42,43);3-9,12-13,26H,10-11H2,1-2H3;1-4,7H,5-6,14H2,(H3,15,16,17,18,19);2-3,6-7,14H,4-5H2,1H3/b28-19+;17-13+;;. The van der Waals surface area contributed by atoms with Crippen LogP contribution in [0.15, 0.2) is 210 Å². The fourth-order valence-electron chi connectivity index (χ4n) is 11.8. The van der Waals surface area contributed by atoms with Crippen LogP contribution < -0.4 is 46.7 Å². The van der Waals surface area contributed by atoms with Crippen molar-refractivity contribution in [1.82, 2.24) is 60.0 Å². The summed E-state index contributed by atoms with van der Waals surface area (Å²) in [6.45, 7) is 3.34. The number of likely N-dealkylation sites (N-methyl/N-ethyl adjacent to an activating group) is 5. The van der Waals surface area contributed by atoms with E-state index in [1.807, 2.05) is 188 Å². The first kappa shape index (κ1) is 77.6. The molecule has 16 rings (SSSR count). The van der Waals surface area contributed by atoms with Crippen LogP contribution in [0.5, 0.6) is 11.8 Å². The Morgan fingerprint density at radius 3 is 1.55 bits per heavy atom. The molecule has 0 saturated heterocycles. The summed E-state index contributed by atoms with van der Waals surface area (Å²) in [4.78, 5) is 107. The van der Waals surface area contributed by atoms with Gasteiger partial charge in [0, 0.05) is 133 Å². The first-order valence-electron chi connectivity index (χ1n) is 35.8. The number of amides is 3. The lowest BCUT2D eigenvalue weighted by Gasteiger charge is -2.19. The van der Waals surface area contributed by atoms with Crippen LogP contribution in [0.2, 0.25) is 0 Å². The predicted molar refractivity (Wildman–Crippen MR) is 431 cm³/mol. The van der Waals surface area contributed by atoms with Gasteiger partial charge in [-0.3, -0.25) is 29.2 Å². The third kappa shape index (κ3) is 18.8. The molecule has 0 aliphatic carbocycles. The number of carbonyl (C=O) groups excluding carboxylic acids is 4. The van der Waals surface area contributed by atoms with E-state index in [9.17, 15) is 19.2 Å². The zero-order chi connectivity index (χ0) is 79.8. The number of hydrogen-bond donors (Lipinski definition) is 7. The van der Waals surface area contributed by atoms with Gasteiger partial charge in [-0.25, -0.2) is 39.7 Å². The van der Waals surface area contributed by atoms with E-state index in [-0.39, 0.29) is 73.3 Å². The number of nitrogens with two attached hydrogens (primary N) is 3. The number of benzene rings is 7. The summed E-state index contributed by atoms with van der Waals surface area (Å²) in [5.41, 5.74) is 32.0. The minimum atomic E-state index is -0.518. The quantitative estimate of drug-likeness (QED) is 0.0219. The van der Waals surface area contributed by atoms with Crippen LogP contribution >= 0.6 is 0 Å². The smallest absolute Gasteiger partial charge is 0.407 e. The molecular weight excluding hydrogens is 1460 g/mol. The summed E-state index contributed by atoms with van der Waals surface area (Å²) in [7, 11) is 9.04. The Hall–Kier alpha value is -14.6. The van der Waals surface area contributed by atoms with Crippen molar-refractivity contribution in [3.05, 3.63) is 238 Å². The number of anilines is 5. The number of aliphatic hydroxyl groups is 2. The second-order valence-electron chi connectivity index (χ2n) is 25.9. The van der Waals surface area contributed by atoms with Gasteiger partial charge in [0.2, 0.25) is 41.7 Å². The average Bonchev–Trinajstić information content (AvgIpc) is 1.65. The van der Waals surface area contributed by atoms with Gasteiger partial charge < -0.3 is 79.9 Å². The van der Waals surface area contributed by atoms with Crippen molar-refractivity contribution in [2.45, 2.75) is 32.7 Å². The van der Waals surface area contributed by atoms with Crippen molar-refractivity contribution in [3.8, 4) is 11.8 Å². The second-order valence-corrected chi connectivity index (χ2v) is 25.9. The fraction of sp³-hybridized carbons (Fsp3) is 0.198.